The molecule has 2 unspecified atom stereocenters. The molecule has 0 aliphatic carbocycles. The van der Waals surface area contributed by atoms with E-state index in [0.29, 0.717) is 23.3 Å². The summed E-state index contributed by atoms with van der Waals surface area (Å²) < 4.78 is 61.2. The van der Waals surface area contributed by atoms with E-state index in [4.69, 9.17) is 14.2 Å². The maximum atomic E-state index is 14.9. The van der Waals surface area contributed by atoms with Crippen molar-refractivity contribution in [1.29, 1.82) is 0 Å². The highest BCUT2D eigenvalue weighted by molar-refractivity contribution is 5.55. The molecule has 0 spiro atoms. The van der Waals surface area contributed by atoms with Gasteiger partial charge in [-0.25, -0.2) is 4.39 Å². The van der Waals surface area contributed by atoms with Crippen molar-refractivity contribution in [3.8, 4) is 17.2 Å². The Morgan fingerprint density at radius 2 is 1.90 bits per heavy atom. The number of fused-ring (bicyclic) bond motifs is 2. The maximum absolute atomic E-state index is 14.9. The van der Waals surface area contributed by atoms with Gasteiger partial charge >= 0.3 is 0 Å². The van der Waals surface area contributed by atoms with Gasteiger partial charge in [-0.3, -0.25) is 0 Å². The lowest BCUT2D eigenvalue weighted by molar-refractivity contribution is -0.00185. The van der Waals surface area contributed by atoms with Gasteiger partial charge in [0.15, 0.2) is 23.1 Å². The van der Waals surface area contributed by atoms with Crippen LogP contribution in [0.2, 0.25) is 0 Å². The molecular weight excluding hydrogens is 393 g/mol. The Kier molecular flexibility index (Phi) is 6.04. The minimum Gasteiger partial charge on any atom is -0.486 e. The lowest BCUT2D eigenvalue weighted by Gasteiger charge is -2.30. The predicted molar refractivity (Wildman–Crippen MR) is 108 cm³/mol. The van der Waals surface area contributed by atoms with E-state index in [1.54, 1.807) is 12.1 Å². The van der Waals surface area contributed by atoms with Gasteiger partial charge in [0.2, 0.25) is 11.6 Å². The van der Waals surface area contributed by atoms with E-state index in [0.717, 1.165) is 25.7 Å². The lowest BCUT2D eigenvalue weighted by Crippen LogP contribution is -2.25. The number of ether oxygens (including phenoxy) is 3. The normalized spacial score (nSPS) is 20.1. The fourth-order valence-electron chi connectivity index (χ4n) is 4.22. The highest BCUT2D eigenvalue weighted by Gasteiger charge is 2.32. The van der Waals surface area contributed by atoms with Crippen molar-refractivity contribution in [3.05, 3.63) is 65.0 Å². The summed E-state index contributed by atoms with van der Waals surface area (Å²) in [5, 5.41) is 0. The van der Waals surface area contributed by atoms with Crippen LogP contribution < -0.4 is 9.47 Å². The second-order valence-corrected chi connectivity index (χ2v) is 7.84. The van der Waals surface area contributed by atoms with Crippen LogP contribution >= 0.6 is 0 Å². The molecule has 0 amide bonds. The Labute approximate surface area is 174 Å². The quantitative estimate of drug-likeness (QED) is 0.432. The highest BCUT2D eigenvalue weighted by Crippen LogP contribution is 2.45. The molecule has 1 saturated heterocycles. The fourth-order valence-corrected chi connectivity index (χ4v) is 4.22. The number of hydrogen-bond acceptors (Lipinski definition) is 3. The Balaban J connectivity index is 1.62. The van der Waals surface area contributed by atoms with Crippen LogP contribution in [0.3, 0.4) is 0 Å². The van der Waals surface area contributed by atoms with E-state index in [1.807, 2.05) is 0 Å². The molecule has 160 valence electrons. The summed E-state index contributed by atoms with van der Waals surface area (Å²) in [7, 11) is 0. The molecule has 0 N–H and O–H groups in total. The van der Waals surface area contributed by atoms with Crippen LogP contribution in [0.25, 0.3) is 0 Å². The molecule has 4 rings (SSSR count). The summed E-state index contributed by atoms with van der Waals surface area (Å²) >= 11 is 0. The first-order valence-corrected chi connectivity index (χ1v) is 10.4. The average molecular weight is 418 g/mol. The summed E-state index contributed by atoms with van der Waals surface area (Å²) in [6.07, 6.45) is 5.51. The standard InChI is InChI=1S/C24H25F3O3/c1-3-5-17-8-6-15(13-29-17)18-12-16-11-14-7-9-19(28-10-4-2)21(26)23(14)30-24(16)22(27)20(18)25/h4,7,9,12,15,17H,2-3,5-6,8,10-11,13H2,1H3. The molecule has 30 heavy (non-hydrogen) atoms. The van der Waals surface area contributed by atoms with Crippen LogP contribution in [-0.2, 0) is 11.2 Å². The van der Waals surface area contributed by atoms with Crippen molar-refractivity contribution in [3.63, 3.8) is 0 Å². The third-order valence-electron chi connectivity index (χ3n) is 5.77. The van der Waals surface area contributed by atoms with Gasteiger partial charge in [0.25, 0.3) is 0 Å². The Morgan fingerprint density at radius 3 is 2.60 bits per heavy atom. The first kappa shape index (κ1) is 20.8. The Hall–Kier alpha value is -2.47. The zero-order valence-corrected chi connectivity index (χ0v) is 17.0. The lowest BCUT2D eigenvalue weighted by atomic mass is 9.87. The predicted octanol–water partition coefficient (Wildman–Crippen LogP) is 6.43. The summed E-state index contributed by atoms with van der Waals surface area (Å²) in [5.74, 6) is -3.37. The van der Waals surface area contributed by atoms with Gasteiger partial charge in [0, 0.05) is 23.5 Å². The van der Waals surface area contributed by atoms with Gasteiger partial charge in [-0.1, -0.05) is 32.1 Å². The Bertz CT molecular complexity index is 949. The molecule has 2 atom stereocenters. The highest BCUT2D eigenvalue weighted by atomic mass is 19.2. The maximum Gasteiger partial charge on any atom is 0.207 e. The van der Waals surface area contributed by atoms with Crippen molar-refractivity contribution in [2.75, 3.05) is 13.2 Å². The molecule has 2 aliphatic rings. The van der Waals surface area contributed by atoms with Crippen LogP contribution in [0.1, 0.15) is 55.2 Å². The minimum absolute atomic E-state index is 0.0180. The zero-order valence-electron chi connectivity index (χ0n) is 17.0. The van der Waals surface area contributed by atoms with Gasteiger partial charge in [-0.05, 0) is 37.0 Å². The third-order valence-corrected chi connectivity index (χ3v) is 5.77. The molecule has 1 fully saturated rings. The summed E-state index contributed by atoms with van der Waals surface area (Å²) in [4.78, 5) is 0. The SMILES string of the molecule is C=CCOc1ccc2c(c1F)Oc1c(cc(C3CCC(CCC)OC3)c(F)c1F)C2. The molecule has 2 aliphatic heterocycles. The molecule has 2 heterocycles. The molecule has 0 saturated carbocycles. The fraction of sp³-hybridized carbons (Fsp3) is 0.417. The molecule has 6 heteroatoms. The van der Waals surface area contributed by atoms with E-state index in [-0.39, 0.29) is 42.3 Å². The monoisotopic (exact) mass is 418 g/mol. The number of hydrogen-bond donors (Lipinski definition) is 0. The average Bonchev–Trinajstić information content (AvgIpc) is 2.76. The summed E-state index contributed by atoms with van der Waals surface area (Å²) in [6, 6.07) is 4.83. The molecule has 0 bridgehead atoms. The topological polar surface area (TPSA) is 27.7 Å². The molecular formula is C24H25F3O3. The second-order valence-electron chi connectivity index (χ2n) is 7.84. The van der Waals surface area contributed by atoms with Crippen LogP contribution in [-0.4, -0.2) is 19.3 Å². The van der Waals surface area contributed by atoms with Gasteiger partial charge in [-0.2, -0.15) is 8.78 Å². The third kappa shape index (κ3) is 3.81. The van der Waals surface area contributed by atoms with Gasteiger partial charge in [0.05, 0.1) is 12.7 Å². The molecule has 0 radical (unpaired) electrons. The van der Waals surface area contributed by atoms with E-state index in [9.17, 15) is 13.2 Å². The summed E-state index contributed by atoms with van der Waals surface area (Å²) in [5.41, 5.74) is 1.37. The number of rotatable bonds is 6. The molecule has 0 aromatic heterocycles. The minimum atomic E-state index is -1.08. The second kappa shape index (κ2) is 8.72. The van der Waals surface area contributed by atoms with Crippen molar-refractivity contribution < 1.29 is 27.4 Å². The van der Waals surface area contributed by atoms with Crippen molar-refractivity contribution in [1.82, 2.24) is 0 Å². The van der Waals surface area contributed by atoms with E-state index >= 15 is 0 Å². The van der Waals surface area contributed by atoms with E-state index in [2.05, 4.69) is 13.5 Å². The van der Waals surface area contributed by atoms with Crippen molar-refractivity contribution >= 4 is 0 Å². The Morgan fingerprint density at radius 1 is 1.10 bits per heavy atom. The number of benzene rings is 2. The van der Waals surface area contributed by atoms with E-state index in [1.165, 1.54) is 12.1 Å². The number of halogens is 3. The molecule has 2 aromatic carbocycles. The van der Waals surface area contributed by atoms with Crippen LogP contribution in [0.15, 0.2) is 30.9 Å². The van der Waals surface area contributed by atoms with Gasteiger partial charge in [-0.15, -0.1) is 0 Å². The van der Waals surface area contributed by atoms with E-state index < -0.39 is 17.5 Å². The smallest absolute Gasteiger partial charge is 0.207 e. The first-order chi connectivity index (χ1) is 14.5. The van der Waals surface area contributed by atoms with Crippen LogP contribution in [0.4, 0.5) is 13.2 Å². The van der Waals surface area contributed by atoms with Crippen LogP contribution in [0, 0.1) is 17.5 Å². The van der Waals surface area contributed by atoms with Gasteiger partial charge < -0.3 is 14.2 Å². The molecule has 2 aromatic rings. The summed E-state index contributed by atoms with van der Waals surface area (Å²) in [6.45, 7) is 6.12. The van der Waals surface area contributed by atoms with Crippen molar-refractivity contribution in [2.45, 2.75) is 51.0 Å². The van der Waals surface area contributed by atoms with Gasteiger partial charge in [0.1, 0.15) is 6.61 Å². The largest absolute Gasteiger partial charge is 0.486 e. The van der Waals surface area contributed by atoms with Crippen molar-refractivity contribution in [2.24, 2.45) is 0 Å². The van der Waals surface area contributed by atoms with Crippen LogP contribution in [0.5, 0.6) is 17.2 Å². The first-order valence-electron chi connectivity index (χ1n) is 10.4. The molecule has 3 nitrogen and oxygen atoms in total. The zero-order chi connectivity index (χ0) is 21.3.